The summed E-state index contributed by atoms with van der Waals surface area (Å²) in [6.45, 7) is 5.14. The number of hydrogen-bond donors (Lipinski definition) is 2. The number of nitrogens with one attached hydrogen (secondary N) is 1. The smallest absolute Gasteiger partial charge is 0.0728 e. The minimum Gasteiger partial charge on any atom is -0.389 e. The monoisotopic (exact) mass is 294 g/mol. The molecule has 1 aliphatic carbocycles. The Labute approximate surface area is 125 Å². The lowest BCUT2D eigenvalue weighted by Gasteiger charge is -2.46. The lowest BCUT2D eigenvalue weighted by Crippen LogP contribution is -2.51. The molecule has 0 radical (unpaired) electrons. The summed E-state index contributed by atoms with van der Waals surface area (Å²) in [5.74, 6) is 0.174. The molecular formula is C16H23ClN2O. The molecule has 1 aromatic rings. The third-order valence-electron chi connectivity index (χ3n) is 4.77. The van der Waals surface area contributed by atoms with E-state index in [1.54, 1.807) is 0 Å². The molecule has 1 aliphatic heterocycles. The Balaban J connectivity index is 1.80. The van der Waals surface area contributed by atoms with Crippen LogP contribution in [0.15, 0.2) is 24.3 Å². The molecular weight excluding hydrogens is 272 g/mol. The summed E-state index contributed by atoms with van der Waals surface area (Å²) in [6.07, 6.45) is 2.96. The molecule has 0 aromatic heterocycles. The molecule has 1 saturated carbocycles. The molecule has 4 heteroatoms. The van der Waals surface area contributed by atoms with E-state index in [0.717, 1.165) is 57.0 Å². The van der Waals surface area contributed by atoms with E-state index in [1.165, 1.54) is 5.56 Å². The molecule has 1 heterocycles. The zero-order chi connectivity index (χ0) is 14.0. The van der Waals surface area contributed by atoms with Crippen LogP contribution in [-0.2, 0) is 0 Å². The van der Waals surface area contributed by atoms with Crippen LogP contribution in [0.1, 0.15) is 30.7 Å². The highest BCUT2D eigenvalue weighted by Crippen LogP contribution is 2.44. The molecule has 0 bridgehead atoms. The van der Waals surface area contributed by atoms with Crippen molar-refractivity contribution in [3.8, 4) is 0 Å². The third kappa shape index (κ3) is 3.01. The highest BCUT2D eigenvalue weighted by molar-refractivity contribution is 6.30. The minimum atomic E-state index is -0.532. The summed E-state index contributed by atoms with van der Waals surface area (Å²) in [5.41, 5.74) is 0.647. The fourth-order valence-corrected chi connectivity index (χ4v) is 3.55. The molecule has 0 amide bonds. The first kappa shape index (κ1) is 14.3. The van der Waals surface area contributed by atoms with Crippen molar-refractivity contribution in [2.75, 3.05) is 32.7 Å². The van der Waals surface area contributed by atoms with Gasteiger partial charge >= 0.3 is 0 Å². The predicted molar refractivity (Wildman–Crippen MR) is 82.3 cm³/mol. The second-order valence-corrected chi connectivity index (χ2v) is 6.55. The highest BCUT2D eigenvalue weighted by atomic mass is 35.5. The number of nitrogens with zero attached hydrogens (tertiary/aromatic N) is 1. The van der Waals surface area contributed by atoms with Crippen molar-refractivity contribution in [2.45, 2.75) is 30.8 Å². The van der Waals surface area contributed by atoms with Gasteiger partial charge in [-0.3, -0.25) is 0 Å². The van der Waals surface area contributed by atoms with Crippen LogP contribution >= 0.6 is 11.6 Å². The van der Waals surface area contributed by atoms with Crippen LogP contribution in [-0.4, -0.2) is 48.3 Å². The Hall–Kier alpha value is -0.610. The van der Waals surface area contributed by atoms with Crippen LogP contribution in [0.3, 0.4) is 0 Å². The second kappa shape index (κ2) is 6.02. The molecule has 3 nitrogen and oxygen atoms in total. The molecule has 110 valence electrons. The van der Waals surface area contributed by atoms with Gasteiger partial charge in [-0.05, 0) is 37.0 Å². The maximum absolute atomic E-state index is 10.9. The van der Waals surface area contributed by atoms with Crippen molar-refractivity contribution >= 4 is 11.6 Å². The van der Waals surface area contributed by atoms with Gasteiger partial charge in [-0.1, -0.05) is 23.7 Å². The predicted octanol–water partition coefficient (Wildman–Crippen LogP) is 2.24. The molecule has 1 unspecified atom stereocenters. The summed E-state index contributed by atoms with van der Waals surface area (Å²) in [4.78, 5) is 2.46. The molecule has 1 aromatic carbocycles. The van der Waals surface area contributed by atoms with Gasteiger partial charge in [-0.25, -0.2) is 0 Å². The Morgan fingerprint density at radius 3 is 2.65 bits per heavy atom. The van der Waals surface area contributed by atoms with Gasteiger partial charge in [0.15, 0.2) is 0 Å². The largest absolute Gasteiger partial charge is 0.389 e. The van der Waals surface area contributed by atoms with Crippen molar-refractivity contribution in [1.29, 1.82) is 0 Å². The van der Waals surface area contributed by atoms with Gasteiger partial charge in [0.1, 0.15) is 0 Å². The second-order valence-electron chi connectivity index (χ2n) is 6.12. The van der Waals surface area contributed by atoms with Crippen molar-refractivity contribution in [1.82, 2.24) is 10.2 Å². The average Bonchev–Trinajstić information content (AvgIpc) is 2.43. The van der Waals surface area contributed by atoms with Gasteiger partial charge in [-0.2, -0.15) is 0 Å². The van der Waals surface area contributed by atoms with Crippen LogP contribution in [0.5, 0.6) is 0 Å². The fraction of sp³-hybridized carbons (Fsp3) is 0.625. The van der Waals surface area contributed by atoms with E-state index < -0.39 is 5.60 Å². The van der Waals surface area contributed by atoms with Crippen LogP contribution in [0.4, 0.5) is 0 Å². The summed E-state index contributed by atoms with van der Waals surface area (Å²) < 4.78 is 0. The Morgan fingerprint density at radius 1 is 1.30 bits per heavy atom. The number of benzene rings is 1. The van der Waals surface area contributed by atoms with Gasteiger partial charge in [0.25, 0.3) is 0 Å². The van der Waals surface area contributed by atoms with Gasteiger partial charge in [0.2, 0.25) is 0 Å². The summed E-state index contributed by atoms with van der Waals surface area (Å²) in [5, 5.41) is 15.0. The van der Waals surface area contributed by atoms with Crippen LogP contribution in [0, 0.1) is 0 Å². The zero-order valence-electron chi connectivity index (χ0n) is 11.8. The quantitative estimate of drug-likeness (QED) is 0.894. The standard InChI is InChI=1S/C16H23ClN2O/c17-14-4-1-3-13(11-14)15(16(20)5-2-6-16)12-19-9-7-18-8-10-19/h1,3-4,11,15,18,20H,2,5-10,12H2. The van der Waals surface area contributed by atoms with Gasteiger partial charge in [0.05, 0.1) is 5.60 Å². The maximum Gasteiger partial charge on any atom is 0.0728 e. The number of aliphatic hydroxyl groups is 1. The lowest BCUT2D eigenvalue weighted by molar-refractivity contribution is -0.0652. The van der Waals surface area contributed by atoms with E-state index in [-0.39, 0.29) is 5.92 Å². The van der Waals surface area contributed by atoms with Crippen molar-refractivity contribution in [2.24, 2.45) is 0 Å². The molecule has 1 saturated heterocycles. The van der Waals surface area contributed by atoms with Gasteiger partial charge in [0, 0.05) is 43.7 Å². The number of hydrogen-bond acceptors (Lipinski definition) is 3. The number of halogens is 1. The summed E-state index contributed by atoms with van der Waals surface area (Å²) >= 11 is 6.14. The van der Waals surface area contributed by atoms with Crippen molar-refractivity contribution in [3.05, 3.63) is 34.9 Å². The van der Waals surface area contributed by atoms with E-state index >= 15 is 0 Å². The molecule has 20 heavy (non-hydrogen) atoms. The molecule has 0 spiro atoms. The van der Waals surface area contributed by atoms with Crippen LogP contribution in [0.2, 0.25) is 5.02 Å². The number of rotatable bonds is 4. The average molecular weight is 295 g/mol. The first-order valence-electron chi connectivity index (χ1n) is 7.58. The van der Waals surface area contributed by atoms with Gasteiger partial charge < -0.3 is 15.3 Å². The number of piperazine rings is 1. The lowest BCUT2D eigenvalue weighted by atomic mass is 9.68. The molecule has 1 atom stereocenters. The third-order valence-corrected chi connectivity index (χ3v) is 5.00. The zero-order valence-corrected chi connectivity index (χ0v) is 12.6. The van der Waals surface area contributed by atoms with Crippen LogP contribution < -0.4 is 5.32 Å². The normalized spacial score (nSPS) is 24.1. The SMILES string of the molecule is OC1(C(CN2CCNCC2)c2cccc(Cl)c2)CCC1. The molecule has 2 N–H and O–H groups in total. The van der Waals surface area contributed by atoms with E-state index in [0.29, 0.717) is 0 Å². The van der Waals surface area contributed by atoms with E-state index in [2.05, 4.69) is 16.3 Å². The maximum atomic E-state index is 10.9. The van der Waals surface area contributed by atoms with Crippen molar-refractivity contribution in [3.63, 3.8) is 0 Å². The molecule has 2 aliphatic rings. The highest BCUT2D eigenvalue weighted by Gasteiger charge is 2.43. The minimum absolute atomic E-state index is 0.174. The Kier molecular flexibility index (Phi) is 4.32. The van der Waals surface area contributed by atoms with E-state index in [4.69, 9.17) is 11.6 Å². The first-order chi connectivity index (χ1) is 9.67. The molecule has 2 fully saturated rings. The first-order valence-corrected chi connectivity index (χ1v) is 7.96. The Bertz CT molecular complexity index is 456. The van der Waals surface area contributed by atoms with E-state index in [1.807, 2.05) is 18.2 Å². The summed E-state index contributed by atoms with van der Waals surface area (Å²) in [7, 11) is 0. The molecule has 3 rings (SSSR count). The Morgan fingerprint density at radius 2 is 2.05 bits per heavy atom. The summed E-state index contributed by atoms with van der Waals surface area (Å²) in [6, 6.07) is 8.02. The van der Waals surface area contributed by atoms with Crippen molar-refractivity contribution < 1.29 is 5.11 Å². The van der Waals surface area contributed by atoms with E-state index in [9.17, 15) is 5.11 Å². The van der Waals surface area contributed by atoms with Gasteiger partial charge in [-0.15, -0.1) is 0 Å². The van der Waals surface area contributed by atoms with Crippen LogP contribution in [0.25, 0.3) is 0 Å². The topological polar surface area (TPSA) is 35.5 Å². The fourth-order valence-electron chi connectivity index (χ4n) is 3.35.